The lowest BCUT2D eigenvalue weighted by atomic mass is 9.97. The SMILES string of the molecule is CO[C@@]1(NC(=O)CC2(N)CC=CO2)C(=O)N2C(C(=O)OC(Cl)(Cl)CCl)=C(CSc3nnnn3C)CS[C@@H]21.Cl. The van der Waals surface area contributed by atoms with Gasteiger partial charge in [0.25, 0.3) is 16.2 Å². The number of nitrogens with zero attached hydrogens (tertiary/aromatic N) is 5. The maximum absolute atomic E-state index is 13.5. The summed E-state index contributed by atoms with van der Waals surface area (Å²) in [7, 11) is 2.95. The van der Waals surface area contributed by atoms with Gasteiger partial charge in [-0.05, 0) is 22.1 Å². The van der Waals surface area contributed by atoms with Gasteiger partial charge in [0.2, 0.25) is 11.1 Å². The molecular formula is C19H23Cl4N7O6S2. The third-order valence-electron chi connectivity index (χ3n) is 5.63. The van der Waals surface area contributed by atoms with Crippen molar-refractivity contribution in [2.75, 3.05) is 24.5 Å². The van der Waals surface area contributed by atoms with Gasteiger partial charge in [-0.15, -0.1) is 40.9 Å². The lowest BCUT2D eigenvalue weighted by molar-refractivity contribution is -0.193. The number of carbonyl (C=O) groups is 3. The topological polar surface area (TPSA) is 164 Å². The Morgan fingerprint density at radius 1 is 1.45 bits per heavy atom. The van der Waals surface area contributed by atoms with Crippen molar-refractivity contribution in [3.05, 3.63) is 23.6 Å². The van der Waals surface area contributed by atoms with Crippen molar-refractivity contribution >= 4 is 88.5 Å². The first-order valence-corrected chi connectivity index (χ1v) is 14.0. The molecule has 2 amide bonds. The molecule has 1 fully saturated rings. The van der Waals surface area contributed by atoms with Crippen molar-refractivity contribution in [3.8, 4) is 0 Å². The Labute approximate surface area is 246 Å². The summed E-state index contributed by atoms with van der Waals surface area (Å²) in [5.41, 5.74) is 3.57. The van der Waals surface area contributed by atoms with E-state index in [9.17, 15) is 14.4 Å². The number of β-lactam (4-membered cyclic amide) rings is 1. The van der Waals surface area contributed by atoms with E-state index in [4.69, 9.17) is 54.7 Å². The second-order valence-corrected chi connectivity index (χ2v) is 11.9. The van der Waals surface area contributed by atoms with E-state index >= 15 is 0 Å². The highest BCUT2D eigenvalue weighted by Gasteiger charge is 2.67. The van der Waals surface area contributed by atoms with Crippen LogP contribution in [-0.2, 0) is 35.6 Å². The molecule has 1 saturated heterocycles. The molecule has 19 heteroatoms. The summed E-state index contributed by atoms with van der Waals surface area (Å²) >= 11 is 20.2. The first-order chi connectivity index (χ1) is 17.5. The molecule has 210 valence electrons. The first-order valence-electron chi connectivity index (χ1n) is 10.6. The number of halogens is 4. The molecule has 1 aromatic heterocycles. The summed E-state index contributed by atoms with van der Waals surface area (Å²) in [4.78, 5) is 40.7. The van der Waals surface area contributed by atoms with Crippen LogP contribution in [0.2, 0.25) is 0 Å². The number of aryl methyl sites for hydroxylation is 1. The fourth-order valence-electron chi connectivity index (χ4n) is 3.87. The van der Waals surface area contributed by atoms with Gasteiger partial charge in [-0.25, -0.2) is 9.48 Å². The molecule has 4 rings (SSSR count). The summed E-state index contributed by atoms with van der Waals surface area (Å²) in [5.74, 6) is -2.09. The average Bonchev–Trinajstić information content (AvgIpc) is 3.47. The molecule has 0 aliphatic carbocycles. The number of rotatable bonds is 10. The van der Waals surface area contributed by atoms with E-state index in [0.717, 1.165) is 0 Å². The molecule has 0 bridgehead atoms. The van der Waals surface area contributed by atoms with Gasteiger partial charge in [0.05, 0.1) is 18.6 Å². The van der Waals surface area contributed by atoms with Crippen LogP contribution in [0.4, 0.5) is 0 Å². The van der Waals surface area contributed by atoms with Crippen LogP contribution in [0.1, 0.15) is 12.8 Å². The van der Waals surface area contributed by atoms with E-state index in [-0.39, 0.29) is 36.0 Å². The van der Waals surface area contributed by atoms with Crippen molar-refractivity contribution < 1.29 is 28.6 Å². The molecule has 3 aliphatic heterocycles. The van der Waals surface area contributed by atoms with Crippen molar-refractivity contribution in [3.63, 3.8) is 0 Å². The maximum Gasteiger partial charge on any atom is 0.357 e. The lowest BCUT2D eigenvalue weighted by Gasteiger charge is -2.56. The minimum atomic E-state index is -2.03. The number of methoxy groups -OCH3 is 1. The molecule has 38 heavy (non-hydrogen) atoms. The smallest absolute Gasteiger partial charge is 0.357 e. The first kappa shape index (κ1) is 31.1. The minimum Gasteiger partial charge on any atom is -0.480 e. The van der Waals surface area contributed by atoms with E-state index in [2.05, 4.69) is 20.8 Å². The molecule has 1 unspecified atom stereocenters. The zero-order valence-electron chi connectivity index (χ0n) is 19.9. The number of carbonyl (C=O) groups excluding carboxylic acids is 3. The summed E-state index contributed by atoms with van der Waals surface area (Å²) in [6, 6.07) is 0. The normalized spacial score (nSPS) is 26.3. The monoisotopic (exact) mass is 649 g/mol. The maximum atomic E-state index is 13.5. The lowest BCUT2D eigenvalue weighted by Crippen LogP contribution is -2.81. The molecule has 0 aromatic carbocycles. The molecule has 3 N–H and O–H groups in total. The van der Waals surface area contributed by atoms with Gasteiger partial charge >= 0.3 is 5.97 Å². The Balaban J connectivity index is 0.00000400. The van der Waals surface area contributed by atoms with Crippen molar-refractivity contribution in [1.82, 2.24) is 30.4 Å². The third-order valence-corrected chi connectivity index (χ3v) is 9.17. The number of alkyl halides is 3. The van der Waals surface area contributed by atoms with Gasteiger partial charge in [0, 0.05) is 32.1 Å². The number of ether oxygens (including phenoxy) is 3. The van der Waals surface area contributed by atoms with E-state index in [1.165, 1.54) is 46.5 Å². The molecule has 4 heterocycles. The minimum absolute atomic E-state index is 0. The predicted molar refractivity (Wildman–Crippen MR) is 142 cm³/mol. The third kappa shape index (κ3) is 5.99. The number of hydrogen-bond acceptors (Lipinski definition) is 12. The van der Waals surface area contributed by atoms with Crippen molar-refractivity contribution in [2.45, 2.75) is 39.3 Å². The average molecular weight is 651 g/mol. The van der Waals surface area contributed by atoms with Crippen LogP contribution in [0.15, 0.2) is 28.8 Å². The summed E-state index contributed by atoms with van der Waals surface area (Å²) in [5, 5.41) is 13.6. The molecule has 0 radical (unpaired) electrons. The van der Waals surface area contributed by atoms with Gasteiger partial charge in [-0.2, -0.15) is 0 Å². The number of nitrogens with two attached hydrogens (primary N) is 1. The zero-order valence-corrected chi connectivity index (χ0v) is 24.6. The molecule has 0 spiro atoms. The zero-order chi connectivity index (χ0) is 27.0. The van der Waals surface area contributed by atoms with Crippen LogP contribution in [0.25, 0.3) is 0 Å². The summed E-state index contributed by atoms with van der Waals surface area (Å²) in [6.07, 6.45) is 3.23. The second kappa shape index (κ2) is 12.0. The number of aromatic nitrogens is 4. The van der Waals surface area contributed by atoms with Crippen LogP contribution in [-0.4, -0.2) is 88.7 Å². The molecule has 3 atom stereocenters. The summed E-state index contributed by atoms with van der Waals surface area (Å²) < 4.78 is 15.4. The van der Waals surface area contributed by atoms with Crippen LogP contribution in [0.5, 0.6) is 0 Å². The molecule has 1 aromatic rings. The standard InChI is InChI=1S/C19H22Cl3N7O6S2.ClH/c1-28-16(25-26-27-28)37-8-10-7-36-15-19(33-2,24-11(30)6-17(23)4-3-5-34-17)14(32)29(15)12(10)13(31)35-18(21,22)9-20;/h3,5,15H,4,6-9,23H2,1-2H3,(H,24,30);1H/t15-,17?,19+;/m1./s1. The van der Waals surface area contributed by atoms with Gasteiger partial charge < -0.3 is 19.5 Å². The van der Waals surface area contributed by atoms with Crippen LogP contribution in [0.3, 0.4) is 0 Å². The van der Waals surface area contributed by atoms with Crippen molar-refractivity contribution in [1.29, 1.82) is 0 Å². The van der Waals surface area contributed by atoms with Crippen LogP contribution < -0.4 is 11.1 Å². The Kier molecular flexibility index (Phi) is 9.78. The Morgan fingerprint density at radius 3 is 2.76 bits per heavy atom. The molecule has 3 aliphatic rings. The van der Waals surface area contributed by atoms with E-state index < -0.39 is 45.0 Å². The van der Waals surface area contributed by atoms with Gasteiger partial charge in [-0.1, -0.05) is 35.0 Å². The Hall–Kier alpha value is -1.46. The highest BCUT2D eigenvalue weighted by Crippen LogP contribution is 2.48. The highest BCUT2D eigenvalue weighted by molar-refractivity contribution is 8.01. The Bertz CT molecular complexity index is 1160. The number of fused-ring (bicyclic) bond motifs is 1. The van der Waals surface area contributed by atoms with E-state index in [1.807, 2.05) is 0 Å². The van der Waals surface area contributed by atoms with Gasteiger partial charge in [0.1, 0.15) is 11.1 Å². The van der Waals surface area contributed by atoms with Crippen molar-refractivity contribution in [2.24, 2.45) is 12.8 Å². The van der Waals surface area contributed by atoms with Gasteiger partial charge in [-0.3, -0.25) is 20.2 Å². The highest BCUT2D eigenvalue weighted by atomic mass is 35.5. The fourth-order valence-corrected chi connectivity index (χ4v) is 6.49. The number of amides is 2. The number of thioether (sulfide) groups is 2. The second-order valence-electron chi connectivity index (χ2n) is 8.25. The van der Waals surface area contributed by atoms with Crippen LogP contribution >= 0.6 is 70.7 Å². The fraction of sp³-hybridized carbons (Fsp3) is 0.579. The quantitative estimate of drug-likeness (QED) is 0.123. The number of esters is 1. The number of nitrogens with one attached hydrogen (secondary N) is 1. The Morgan fingerprint density at radius 2 is 2.18 bits per heavy atom. The van der Waals surface area contributed by atoms with E-state index in [1.54, 1.807) is 13.1 Å². The summed E-state index contributed by atoms with van der Waals surface area (Å²) in [6.45, 7) is 0. The molecular weight excluding hydrogens is 628 g/mol. The largest absolute Gasteiger partial charge is 0.480 e. The molecule has 13 nitrogen and oxygen atoms in total. The molecule has 0 saturated carbocycles. The van der Waals surface area contributed by atoms with Gasteiger partial charge in [0.15, 0.2) is 5.72 Å². The predicted octanol–water partition coefficient (Wildman–Crippen LogP) is 1.24. The number of hydrogen-bond donors (Lipinski definition) is 2. The number of tetrazole rings is 1. The van der Waals surface area contributed by atoms with E-state index in [0.29, 0.717) is 17.2 Å². The van der Waals surface area contributed by atoms with Crippen LogP contribution in [0, 0.1) is 0 Å².